The fourth-order valence-electron chi connectivity index (χ4n) is 0.753. The van der Waals surface area contributed by atoms with E-state index in [2.05, 4.69) is 4.74 Å². The van der Waals surface area contributed by atoms with E-state index in [-0.39, 0.29) is 0 Å². The maximum absolute atomic E-state index is 12.2. The van der Waals surface area contributed by atoms with Gasteiger partial charge < -0.3 is 4.74 Å². The van der Waals surface area contributed by atoms with E-state index in [1.165, 1.54) is 20.8 Å². The fraction of sp³-hybridized carbons (Fsp3) is 0.667. The number of esters is 1. The lowest BCUT2D eigenvalue weighted by molar-refractivity contribution is -0.162. The average molecular weight is 264 g/mol. The summed E-state index contributed by atoms with van der Waals surface area (Å²) in [5.74, 6) is -2.05. The van der Waals surface area contributed by atoms with Gasteiger partial charge in [0.15, 0.2) is 0 Å². The van der Waals surface area contributed by atoms with Crippen LogP contribution in [0.5, 0.6) is 0 Å². The van der Waals surface area contributed by atoms with Gasteiger partial charge in [0.25, 0.3) is 0 Å². The van der Waals surface area contributed by atoms with E-state index in [0.29, 0.717) is 0 Å². The molecule has 0 aliphatic heterocycles. The molecule has 0 fully saturated rings. The Bertz CT molecular complexity index is 318. The fourth-order valence-corrected chi connectivity index (χ4v) is 0.753. The molecule has 0 aliphatic rings. The number of carbonyl (C=O) groups excluding carboxylic acids is 1. The second-order valence-electron chi connectivity index (χ2n) is 4.10. The number of rotatable bonds is 1. The van der Waals surface area contributed by atoms with Gasteiger partial charge in [-0.2, -0.15) is 26.3 Å². The Hall–Kier alpha value is -1.21. The minimum Gasteiger partial charge on any atom is -0.456 e. The normalized spacial score (nSPS) is 14.8. The van der Waals surface area contributed by atoms with Crippen LogP contribution in [0.25, 0.3) is 0 Å². The Morgan fingerprint density at radius 3 is 1.65 bits per heavy atom. The highest BCUT2D eigenvalue weighted by molar-refractivity contribution is 5.90. The van der Waals surface area contributed by atoms with Crippen molar-refractivity contribution in [2.75, 3.05) is 0 Å². The summed E-state index contributed by atoms with van der Waals surface area (Å²) in [6.07, 6.45) is -11.8. The molecule has 0 aromatic rings. The van der Waals surface area contributed by atoms with E-state index in [1.807, 2.05) is 0 Å². The molecule has 2 nitrogen and oxygen atoms in total. The van der Waals surface area contributed by atoms with Gasteiger partial charge in [-0.1, -0.05) is 0 Å². The second-order valence-corrected chi connectivity index (χ2v) is 4.10. The van der Waals surface area contributed by atoms with Crippen LogP contribution >= 0.6 is 0 Å². The smallest absolute Gasteiger partial charge is 0.423 e. The average Bonchev–Trinajstić information content (AvgIpc) is 1.92. The molecule has 0 saturated heterocycles. The Morgan fingerprint density at radius 2 is 1.41 bits per heavy atom. The molecule has 0 rings (SSSR count). The van der Waals surface area contributed by atoms with Gasteiger partial charge in [-0.05, 0) is 20.8 Å². The van der Waals surface area contributed by atoms with Gasteiger partial charge in [0.1, 0.15) is 11.2 Å². The van der Waals surface area contributed by atoms with E-state index >= 15 is 0 Å². The van der Waals surface area contributed by atoms with Crippen molar-refractivity contribution in [1.82, 2.24) is 0 Å². The van der Waals surface area contributed by atoms with Crippen molar-refractivity contribution in [1.29, 1.82) is 0 Å². The highest BCUT2D eigenvalue weighted by atomic mass is 19.4. The van der Waals surface area contributed by atoms with Crippen molar-refractivity contribution in [3.63, 3.8) is 0 Å². The van der Waals surface area contributed by atoms with Gasteiger partial charge in [-0.15, -0.1) is 0 Å². The summed E-state index contributed by atoms with van der Waals surface area (Å²) in [6, 6.07) is 0. The summed E-state index contributed by atoms with van der Waals surface area (Å²) < 4.78 is 76.4. The van der Waals surface area contributed by atoms with Gasteiger partial charge in [0.05, 0.1) is 0 Å². The number of ether oxygens (including phenoxy) is 1. The van der Waals surface area contributed by atoms with Gasteiger partial charge in [0, 0.05) is 6.08 Å². The lowest BCUT2D eigenvalue weighted by atomic mass is 10.1. The Morgan fingerprint density at radius 1 is 1.00 bits per heavy atom. The van der Waals surface area contributed by atoms with Crippen LogP contribution in [0.4, 0.5) is 26.3 Å². The molecule has 0 radical (unpaired) electrons. The lowest BCUT2D eigenvalue weighted by Crippen LogP contribution is -2.31. The van der Waals surface area contributed by atoms with E-state index < -0.39 is 35.6 Å². The molecule has 8 heteroatoms. The van der Waals surface area contributed by atoms with Crippen molar-refractivity contribution in [3.05, 3.63) is 11.6 Å². The molecule has 0 heterocycles. The van der Waals surface area contributed by atoms with Crippen LogP contribution in [-0.4, -0.2) is 23.9 Å². The van der Waals surface area contributed by atoms with Gasteiger partial charge in [0.2, 0.25) is 0 Å². The van der Waals surface area contributed by atoms with Crippen LogP contribution in [0.2, 0.25) is 0 Å². The monoisotopic (exact) mass is 264 g/mol. The summed E-state index contributed by atoms with van der Waals surface area (Å²) in [7, 11) is 0. The molecule has 0 saturated carbocycles. The van der Waals surface area contributed by atoms with Crippen LogP contribution in [0.3, 0.4) is 0 Å². The highest BCUT2D eigenvalue weighted by Crippen LogP contribution is 2.31. The predicted molar refractivity (Wildman–Crippen MR) is 46.0 cm³/mol. The summed E-state index contributed by atoms with van der Waals surface area (Å²) in [5.41, 5.74) is -3.69. The van der Waals surface area contributed by atoms with Crippen LogP contribution in [-0.2, 0) is 9.53 Å². The molecule has 0 N–H and O–H groups in total. The molecular weight excluding hydrogens is 254 g/mol. The minimum atomic E-state index is -5.42. The summed E-state index contributed by atoms with van der Waals surface area (Å²) in [6.45, 7) is 3.73. The minimum absolute atomic E-state index is 1.11. The van der Waals surface area contributed by atoms with E-state index in [4.69, 9.17) is 0 Å². The number of alkyl halides is 6. The van der Waals surface area contributed by atoms with Crippen molar-refractivity contribution in [2.24, 2.45) is 0 Å². The molecule has 17 heavy (non-hydrogen) atoms. The van der Waals surface area contributed by atoms with Gasteiger partial charge in [-0.3, -0.25) is 0 Å². The summed E-state index contributed by atoms with van der Waals surface area (Å²) >= 11 is 0. The summed E-state index contributed by atoms with van der Waals surface area (Å²) in [5, 5.41) is 0. The number of hydrogen-bond acceptors (Lipinski definition) is 2. The zero-order valence-electron chi connectivity index (χ0n) is 9.16. The number of carbonyl (C=O) groups is 1. The molecule has 0 atom stereocenters. The molecule has 0 amide bonds. The van der Waals surface area contributed by atoms with Crippen LogP contribution in [0.15, 0.2) is 11.6 Å². The predicted octanol–water partition coefficient (Wildman–Crippen LogP) is 3.38. The third-order valence-electron chi connectivity index (χ3n) is 1.23. The topological polar surface area (TPSA) is 26.3 Å². The Balaban J connectivity index is 5.25. The van der Waals surface area contributed by atoms with Crippen molar-refractivity contribution >= 4 is 5.97 Å². The number of allylic oxidation sites excluding steroid dienone is 1. The highest BCUT2D eigenvalue weighted by Gasteiger charge is 2.44. The van der Waals surface area contributed by atoms with E-state index in [1.54, 1.807) is 0 Å². The maximum atomic E-state index is 12.2. The zero-order valence-corrected chi connectivity index (χ0v) is 9.16. The molecule has 0 spiro atoms. The standard InChI is InChI=1S/C9H10F6O2/c1-7(2,3)17-6(16)5(9(13,14)15)4-8(10,11)12/h4H,1-3H3/b5-4+. The number of halogens is 6. The van der Waals surface area contributed by atoms with Crippen molar-refractivity contribution in [2.45, 2.75) is 38.7 Å². The molecule has 0 aromatic carbocycles. The van der Waals surface area contributed by atoms with Gasteiger partial charge >= 0.3 is 18.3 Å². The first kappa shape index (κ1) is 15.8. The zero-order chi connectivity index (χ0) is 14.1. The molecule has 0 aliphatic carbocycles. The molecule has 0 aromatic heterocycles. The van der Waals surface area contributed by atoms with Crippen LogP contribution in [0, 0.1) is 0 Å². The van der Waals surface area contributed by atoms with Crippen molar-refractivity contribution < 1.29 is 35.9 Å². The summed E-state index contributed by atoms with van der Waals surface area (Å²) in [4.78, 5) is 11.0. The first-order valence-corrected chi connectivity index (χ1v) is 4.32. The van der Waals surface area contributed by atoms with Crippen molar-refractivity contribution in [3.8, 4) is 0 Å². The quantitative estimate of drug-likeness (QED) is 0.412. The maximum Gasteiger partial charge on any atom is 0.423 e. The van der Waals surface area contributed by atoms with Gasteiger partial charge in [-0.25, -0.2) is 4.79 Å². The third-order valence-corrected chi connectivity index (χ3v) is 1.23. The number of hydrogen-bond donors (Lipinski definition) is 0. The van der Waals surface area contributed by atoms with Crippen LogP contribution in [0.1, 0.15) is 20.8 Å². The molecule has 0 bridgehead atoms. The Labute approximate surface area is 93.2 Å². The largest absolute Gasteiger partial charge is 0.456 e. The van der Waals surface area contributed by atoms with E-state index in [0.717, 1.165) is 0 Å². The Kier molecular flexibility index (Phi) is 4.25. The molecule has 100 valence electrons. The molecule has 0 unspecified atom stereocenters. The van der Waals surface area contributed by atoms with E-state index in [9.17, 15) is 31.1 Å². The first-order chi connectivity index (χ1) is 7.22. The lowest BCUT2D eigenvalue weighted by Gasteiger charge is -2.21. The second kappa shape index (κ2) is 4.58. The SMILES string of the molecule is CC(C)(C)OC(=O)/C(=C\C(F)(F)F)C(F)(F)F. The first-order valence-electron chi connectivity index (χ1n) is 4.32. The molecular formula is C9H10F6O2. The van der Waals surface area contributed by atoms with Crippen LogP contribution < -0.4 is 0 Å². The third kappa shape index (κ3) is 6.85.